The summed E-state index contributed by atoms with van der Waals surface area (Å²) in [5.41, 5.74) is 1.72. The fourth-order valence-electron chi connectivity index (χ4n) is 2.37. The van der Waals surface area contributed by atoms with E-state index in [2.05, 4.69) is 10.6 Å². The Hall–Kier alpha value is -3.12. The number of hydrogen-bond acceptors (Lipinski definition) is 4. The molecule has 26 heavy (non-hydrogen) atoms. The van der Waals surface area contributed by atoms with E-state index in [9.17, 15) is 9.59 Å². The third-order valence-corrected chi connectivity index (χ3v) is 4.40. The number of ether oxygens (including phenoxy) is 1. The first-order valence-corrected chi connectivity index (χ1v) is 9.03. The molecule has 0 aliphatic carbocycles. The predicted octanol–water partition coefficient (Wildman–Crippen LogP) is 4.65. The van der Waals surface area contributed by atoms with E-state index in [4.69, 9.17) is 4.74 Å². The molecule has 0 aliphatic heterocycles. The Morgan fingerprint density at radius 2 is 1.65 bits per heavy atom. The molecule has 0 aliphatic rings. The molecule has 0 saturated carbocycles. The lowest BCUT2D eigenvalue weighted by Gasteiger charge is -2.09. The third-order valence-electron chi connectivity index (χ3n) is 3.53. The van der Waals surface area contributed by atoms with Crippen molar-refractivity contribution in [2.24, 2.45) is 0 Å². The Labute approximate surface area is 155 Å². The molecule has 0 bridgehead atoms. The Morgan fingerprint density at radius 3 is 2.35 bits per heavy atom. The molecule has 2 aromatic carbocycles. The van der Waals surface area contributed by atoms with Crippen molar-refractivity contribution in [2.75, 3.05) is 17.2 Å². The number of benzene rings is 2. The summed E-state index contributed by atoms with van der Waals surface area (Å²) in [6, 6.07) is 17.6. The molecule has 0 radical (unpaired) electrons. The Balaban J connectivity index is 1.69. The maximum atomic E-state index is 12.4. The molecule has 1 heterocycles. The zero-order valence-corrected chi connectivity index (χ0v) is 15.0. The van der Waals surface area contributed by atoms with Crippen molar-refractivity contribution in [1.29, 1.82) is 0 Å². The first-order valence-electron chi connectivity index (χ1n) is 8.15. The van der Waals surface area contributed by atoms with Crippen LogP contribution in [0, 0.1) is 0 Å². The average Bonchev–Trinajstić information content (AvgIpc) is 3.17. The fourth-order valence-corrected chi connectivity index (χ4v) is 2.99. The predicted molar refractivity (Wildman–Crippen MR) is 104 cm³/mol. The van der Waals surface area contributed by atoms with E-state index in [1.54, 1.807) is 54.6 Å². The minimum absolute atomic E-state index is 0.173. The van der Waals surface area contributed by atoms with Gasteiger partial charge in [0.2, 0.25) is 0 Å². The molecule has 2 N–H and O–H groups in total. The molecule has 2 amide bonds. The SMILES string of the molecule is CCOc1cccc(C(=O)Nc2cccc(NC(=O)c3cccs3)c2)c1. The summed E-state index contributed by atoms with van der Waals surface area (Å²) >= 11 is 1.37. The largest absolute Gasteiger partial charge is 0.494 e. The van der Waals surface area contributed by atoms with Crippen LogP contribution in [0.2, 0.25) is 0 Å². The van der Waals surface area contributed by atoms with Gasteiger partial charge < -0.3 is 15.4 Å². The monoisotopic (exact) mass is 366 g/mol. The number of anilines is 2. The standard InChI is InChI=1S/C20H18N2O3S/c1-2-25-17-9-3-6-14(12-17)19(23)21-15-7-4-8-16(13-15)22-20(24)18-10-5-11-26-18/h3-13H,2H2,1H3,(H,21,23)(H,22,24). The molecule has 0 unspecified atom stereocenters. The minimum Gasteiger partial charge on any atom is -0.494 e. The zero-order valence-electron chi connectivity index (χ0n) is 14.2. The molecule has 1 aromatic heterocycles. The normalized spacial score (nSPS) is 10.2. The number of carbonyl (C=O) groups excluding carboxylic acids is 2. The lowest BCUT2D eigenvalue weighted by molar-refractivity contribution is 0.102. The van der Waals surface area contributed by atoms with Gasteiger partial charge in [-0.2, -0.15) is 0 Å². The number of rotatable bonds is 6. The highest BCUT2D eigenvalue weighted by Gasteiger charge is 2.10. The van der Waals surface area contributed by atoms with Gasteiger partial charge in [0.15, 0.2) is 0 Å². The van der Waals surface area contributed by atoms with E-state index in [1.807, 2.05) is 18.4 Å². The van der Waals surface area contributed by atoms with Crippen molar-refractivity contribution >= 4 is 34.5 Å². The molecule has 132 valence electrons. The van der Waals surface area contributed by atoms with Gasteiger partial charge in [0.1, 0.15) is 5.75 Å². The minimum atomic E-state index is -0.242. The maximum absolute atomic E-state index is 12.4. The van der Waals surface area contributed by atoms with Crippen LogP contribution in [0.5, 0.6) is 5.75 Å². The fraction of sp³-hybridized carbons (Fsp3) is 0.100. The van der Waals surface area contributed by atoms with Crippen LogP contribution < -0.4 is 15.4 Å². The number of hydrogen-bond donors (Lipinski definition) is 2. The van der Waals surface area contributed by atoms with E-state index < -0.39 is 0 Å². The second-order valence-electron chi connectivity index (χ2n) is 5.43. The molecule has 0 spiro atoms. The molecule has 3 aromatic rings. The summed E-state index contributed by atoms with van der Waals surface area (Å²) in [5.74, 6) is 0.235. The lowest BCUT2D eigenvalue weighted by Crippen LogP contribution is -2.13. The van der Waals surface area contributed by atoms with Gasteiger partial charge in [0, 0.05) is 16.9 Å². The van der Waals surface area contributed by atoms with Gasteiger partial charge in [0.25, 0.3) is 11.8 Å². The number of nitrogens with one attached hydrogen (secondary N) is 2. The van der Waals surface area contributed by atoms with Crippen LogP contribution in [0.25, 0.3) is 0 Å². The van der Waals surface area contributed by atoms with E-state index in [-0.39, 0.29) is 11.8 Å². The summed E-state index contributed by atoms with van der Waals surface area (Å²) in [6.07, 6.45) is 0. The molecule has 0 atom stereocenters. The number of carbonyl (C=O) groups is 2. The summed E-state index contributed by atoms with van der Waals surface area (Å²) in [4.78, 5) is 25.2. The van der Waals surface area contributed by atoms with E-state index >= 15 is 0 Å². The highest BCUT2D eigenvalue weighted by Crippen LogP contribution is 2.19. The number of amides is 2. The molecule has 5 nitrogen and oxygen atoms in total. The van der Waals surface area contributed by atoms with Crippen LogP contribution >= 0.6 is 11.3 Å². The summed E-state index contributed by atoms with van der Waals surface area (Å²) in [7, 11) is 0. The van der Waals surface area contributed by atoms with Crippen LogP contribution in [0.4, 0.5) is 11.4 Å². The van der Waals surface area contributed by atoms with Crippen molar-refractivity contribution in [3.8, 4) is 5.75 Å². The topological polar surface area (TPSA) is 67.4 Å². The van der Waals surface area contributed by atoms with Crippen LogP contribution in [0.1, 0.15) is 27.0 Å². The molecule has 6 heteroatoms. The van der Waals surface area contributed by atoms with E-state index in [0.29, 0.717) is 34.2 Å². The summed E-state index contributed by atoms with van der Waals surface area (Å²) in [6.45, 7) is 2.43. The number of thiophene rings is 1. The molecular formula is C20H18N2O3S. The Bertz CT molecular complexity index is 907. The second kappa shape index (κ2) is 8.31. The maximum Gasteiger partial charge on any atom is 0.265 e. The molecule has 0 saturated heterocycles. The molecule has 0 fully saturated rings. The van der Waals surface area contributed by atoms with Crippen molar-refractivity contribution in [3.05, 3.63) is 76.5 Å². The third kappa shape index (κ3) is 4.49. The first kappa shape index (κ1) is 17.7. The lowest BCUT2D eigenvalue weighted by atomic mass is 10.2. The first-order chi connectivity index (χ1) is 12.7. The average molecular weight is 366 g/mol. The highest BCUT2D eigenvalue weighted by atomic mass is 32.1. The zero-order chi connectivity index (χ0) is 18.4. The molecular weight excluding hydrogens is 348 g/mol. The van der Waals surface area contributed by atoms with Gasteiger partial charge in [-0.3, -0.25) is 9.59 Å². The van der Waals surface area contributed by atoms with Crippen molar-refractivity contribution < 1.29 is 14.3 Å². The van der Waals surface area contributed by atoms with Crippen molar-refractivity contribution in [1.82, 2.24) is 0 Å². The van der Waals surface area contributed by atoms with Crippen molar-refractivity contribution in [3.63, 3.8) is 0 Å². The second-order valence-corrected chi connectivity index (χ2v) is 6.37. The molecule has 3 rings (SSSR count). The Morgan fingerprint density at radius 1 is 0.923 bits per heavy atom. The van der Waals surface area contributed by atoms with Crippen molar-refractivity contribution in [2.45, 2.75) is 6.92 Å². The Kier molecular flexibility index (Phi) is 5.66. The van der Waals surface area contributed by atoms with Crippen LogP contribution in [-0.4, -0.2) is 18.4 Å². The van der Waals surface area contributed by atoms with Crippen LogP contribution in [0.3, 0.4) is 0 Å². The van der Waals surface area contributed by atoms with Gasteiger partial charge in [-0.1, -0.05) is 18.2 Å². The summed E-state index contributed by atoms with van der Waals surface area (Å²) < 4.78 is 5.42. The van der Waals surface area contributed by atoms with Crippen LogP contribution in [0.15, 0.2) is 66.0 Å². The quantitative estimate of drug-likeness (QED) is 0.667. The van der Waals surface area contributed by atoms with E-state index in [0.717, 1.165) is 0 Å². The summed E-state index contributed by atoms with van der Waals surface area (Å²) in [5, 5.41) is 7.51. The van der Waals surface area contributed by atoms with Crippen LogP contribution in [-0.2, 0) is 0 Å². The van der Waals surface area contributed by atoms with Gasteiger partial charge in [-0.05, 0) is 54.8 Å². The van der Waals surface area contributed by atoms with Gasteiger partial charge in [-0.15, -0.1) is 11.3 Å². The smallest absolute Gasteiger partial charge is 0.265 e. The van der Waals surface area contributed by atoms with E-state index in [1.165, 1.54) is 11.3 Å². The van der Waals surface area contributed by atoms with Gasteiger partial charge in [-0.25, -0.2) is 0 Å². The van der Waals surface area contributed by atoms with Gasteiger partial charge in [0.05, 0.1) is 11.5 Å². The van der Waals surface area contributed by atoms with Gasteiger partial charge >= 0.3 is 0 Å². The highest BCUT2D eigenvalue weighted by molar-refractivity contribution is 7.12.